The SMILES string of the molecule is CC=CC(C)(C)C(N)CC(C)(C)CC(C)(N)C(N)=NN. The zero-order valence-electron chi connectivity index (χ0n) is 13.9. The summed E-state index contributed by atoms with van der Waals surface area (Å²) in [5, 5.41) is 3.53. The van der Waals surface area contributed by atoms with Crippen LogP contribution in [0.25, 0.3) is 0 Å². The molecule has 0 rings (SSSR count). The van der Waals surface area contributed by atoms with Gasteiger partial charge in [0.1, 0.15) is 5.84 Å². The summed E-state index contributed by atoms with van der Waals surface area (Å²) in [6.07, 6.45) is 5.70. The number of allylic oxidation sites excluding steroid dienone is 1. The Labute approximate surface area is 123 Å². The second kappa shape index (κ2) is 6.59. The number of nitrogens with zero attached hydrogens (tertiary/aromatic N) is 1. The fourth-order valence-electron chi connectivity index (χ4n) is 2.72. The van der Waals surface area contributed by atoms with E-state index in [0.29, 0.717) is 6.42 Å². The molecule has 20 heavy (non-hydrogen) atoms. The zero-order valence-corrected chi connectivity index (χ0v) is 13.9. The van der Waals surface area contributed by atoms with Crippen LogP contribution in [0, 0.1) is 10.8 Å². The van der Waals surface area contributed by atoms with E-state index in [0.717, 1.165) is 6.42 Å². The molecule has 0 bridgehead atoms. The molecule has 0 saturated carbocycles. The maximum Gasteiger partial charge on any atom is 0.139 e. The lowest BCUT2D eigenvalue weighted by atomic mass is 9.70. The molecular weight excluding hydrogens is 250 g/mol. The highest BCUT2D eigenvalue weighted by molar-refractivity contribution is 5.89. The first-order chi connectivity index (χ1) is 8.88. The van der Waals surface area contributed by atoms with Crippen LogP contribution in [0.4, 0.5) is 0 Å². The Morgan fingerprint density at radius 3 is 2.10 bits per heavy atom. The molecule has 5 nitrogen and oxygen atoms in total. The molecule has 0 aromatic rings. The third kappa shape index (κ3) is 5.51. The molecule has 0 aliphatic carbocycles. The van der Waals surface area contributed by atoms with Crippen molar-refractivity contribution in [3.63, 3.8) is 0 Å². The molecule has 0 spiro atoms. The molecule has 0 heterocycles. The molecule has 8 N–H and O–H groups in total. The maximum atomic E-state index is 6.37. The third-order valence-corrected chi connectivity index (χ3v) is 3.89. The molecular formula is C15H33N5. The van der Waals surface area contributed by atoms with Gasteiger partial charge in [-0.15, -0.1) is 0 Å². The predicted octanol–water partition coefficient (Wildman–Crippen LogP) is 1.67. The van der Waals surface area contributed by atoms with Crippen LogP contribution in [-0.4, -0.2) is 17.4 Å². The molecule has 0 aliphatic heterocycles. The van der Waals surface area contributed by atoms with Gasteiger partial charge in [-0.05, 0) is 37.5 Å². The van der Waals surface area contributed by atoms with Gasteiger partial charge in [0.05, 0.1) is 5.54 Å². The van der Waals surface area contributed by atoms with Gasteiger partial charge in [-0.1, -0.05) is 39.8 Å². The van der Waals surface area contributed by atoms with E-state index in [9.17, 15) is 0 Å². The number of hydrogen-bond acceptors (Lipinski definition) is 4. The number of rotatable bonds is 7. The second-order valence-electron chi connectivity index (χ2n) is 7.40. The molecule has 0 amide bonds. The first-order valence-corrected chi connectivity index (χ1v) is 7.10. The number of nitrogens with two attached hydrogens (primary N) is 4. The lowest BCUT2D eigenvalue weighted by Gasteiger charge is -2.39. The highest BCUT2D eigenvalue weighted by Gasteiger charge is 2.36. The predicted molar refractivity (Wildman–Crippen MR) is 88.0 cm³/mol. The Bertz CT molecular complexity index is 366. The number of hydrazone groups is 1. The van der Waals surface area contributed by atoms with Crippen molar-refractivity contribution in [2.24, 2.45) is 39.0 Å². The van der Waals surface area contributed by atoms with E-state index in [1.807, 2.05) is 19.9 Å². The molecule has 0 saturated heterocycles. The lowest BCUT2D eigenvalue weighted by molar-refractivity contribution is 0.203. The quantitative estimate of drug-likeness (QED) is 0.187. The van der Waals surface area contributed by atoms with E-state index in [1.54, 1.807) is 0 Å². The molecule has 5 heteroatoms. The van der Waals surface area contributed by atoms with Gasteiger partial charge in [-0.3, -0.25) is 0 Å². The topological polar surface area (TPSA) is 116 Å². The largest absolute Gasteiger partial charge is 0.384 e. The summed E-state index contributed by atoms with van der Waals surface area (Å²) in [6.45, 7) is 12.4. The highest BCUT2D eigenvalue weighted by Crippen LogP contribution is 2.36. The summed E-state index contributed by atoms with van der Waals surface area (Å²) in [4.78, 5) is 0. The minimum Gasteiger partial charge on any atom is -0.384 e. The Morgan fingerprint density at radius 1 is 1.20 bits per heavy atom. The summed E-state index contributed by atoms with van der Waals surface area (Å²) >= 11 is 0. The van der Waals surface area contributed by atoms with Gasteiger partial charge in [0.2, 0.25) is 0 Å². The van der Waals surface area contributed by atoms with Crippen molar-refractivity contribution >= 4 is 5.84 Å². The van der Waals surface area contributed by atoms with E-state index in [1.165, 1.54) is 0 Å². The Kier molecular flexibility index (Phi) is 6.24. The number of amidine groups is 1. The van der Waals surface area contributed by atoms with Crippen LogP contribution >= 0.6 is 0 Å². The third-order valence-electron chi connectivity index (χ3n) is 3.89. The van der Waals surface area contributed by atoms with E-state index < -0.39 is 5.54 Å². The molecule has 0 radical (unpaired) electrons. The first-order valence-electron chi connectivity index (χ1n) is 7.10. The smallest absolute Gasteiger partial charge is 0.139 e. The van der Waals surface area contributed by atoms with Gasteiger partial charge in [-0.25, -0.2) is 0 Å². The summed E-state index contributed by atoms with van der Waals surface area (Å²) in [5.74, 6) is 5.51. The summed E-state index contributed by atoms with van der Waals surface area (Å²) < 4.78 is 0. The Balaban J connectivity index is 4.92. The fraction of sp³-hybridized carbons (Fsp3) is 0.800. The molecule has 2 unspecified atom stereocenters. The van der Waals surface area contributed by atoms with Gasteiger partial charge in [0.15, 0.2) is 0 Å². The van der Waals surface area contributed by atoms with Crippen LogP contribution in [0.1, 0.15) is 54.4 Å². The van der Waals surface area contributed by atoms with Gasteiger partial charge in [-0.2, -0.15) is 5.10 Å². The van der Waals surface area contributed by atoms with E-state index in [4.69, 9.17) is 23.0 Å². The summed E-state index contributed by atoms with van der Waals surface area (Å²) in [7, 11) is 0. The van der Waals surface area contributed by atoms with Crippen molar-refractivity contribution in [2.75, 3.05) is 0 Å². The van der Waals surface area contributed by atoms with Crippen molar-refractivity contribution < 1.29 is 0 Å². The lowest BCUT2D eigenvalue weighted by Crippen LogP contribution is -2.53. The Hall–Kier alpha value is -1.07. The van der Waals surface area contributed by atoms with Crippen molar-refractivity contribution in [2.45, 2.75) is 66.0 Å². The van der Waals surface area contributed by atoms with Crippen molar-refractivity contribution in [1.82, 2.24) is 0 Å². The molecule has 2 atom stereocenters. The summed E-state index contributed by atoms with van der Waals surface area (Å²) in [5.41, 5.74) is 17.5. The van der Waals surface area contributed by atoms with Gasteiger partial charge in [0.25, 0.3) is 0 Å². The van der Waals surface area contributed by atoms with Gasteiger partial charge in [0, 0.05) is 6.04 Å². The first kappa shape index (κ1) is 18.9. The average Bonchev–Trinajstić information content (AvgIpc) is 2.25. The standard InChI is InChI=1S/C15H33N5/c1-7-8-14(4,5)11(16)9-13(2,3)10-15(6,18)12(17)20-19/h7-8,11H,9-10,16,18-19H2,1-6H3,(H2,17,20). The van der Waals surface area contributed by atoms with E-state index in [-0.39, 0.29) is 22.7 Å². The molecule has 0 fully saturated rings. The molecule has 0 aromatic heterocycles. The molecule has 0 aromatic carbocycles. The highest BCUT2D eigenvalue weighted by atomic mass is 15.2. The van der Waals surface area contributed by atoms with Crippen LogP contribution in [0.3, 0.4) is 0 Å². The normalized spacial score (nSPS) is 19.1. The maximum absolute atomic E-state index is 6.37. The van der Waals surface area contributed by atoms with Crippen LogP contribution in [0.5, 0.6) is 0 Å². The average molecular weight is 283 g/mol. The van der Waals surface area contributed by atoms with Crippen molar-refractivity contribution in [3.05, 3.63) is 12.2 Å². The van der Waals surface area contributed by atoms with Crippen LogP contribution in [-0.2, 0) is 0 Å². The van der Waals surface area contributed by atoms with Crippen LogP contribution in [0.2, 0.25) is 0 Å². The molecule has 118 valence electrons. The van der Waals surface area contributed by atoms with Gasteiger partial charge < -0.3 is 23.0 Å². The van der Waals surface area contributed by atoms with Crippen LogP contribution in [0.15, 0.2) is 17.3 Å². The zero-order chi connectivity index (χ0) is 16.2. The second-order valence-corrected chi connectivity index (χ2v) is 7.40. The number of hydrogen-bond donors (Lipinski definition) is 4. The van der Waals surface area contributed by atoms with E-state index >= 15 is 0 Å². The molecule has 0 aliphatic rings. The minimum absolute atomic E-state index is 0.0422. The van der Waals surface area contributed by atoms with E-state index in [2.05, 4.69) is 38.9 Å². The Morgan fingerprint density at radius 2 is 1.70 bits per heavy atom. The fourth-order valence-corrected chi connectivity index (χ4v) is 2.72. The van der Waals surface area contributed by atoms with Gasteiger partial charge >= 0.3 is 0 Å². The summed E-state index contributed by atoms with van der Waals surface area (Å²) in [6, 6.07) is 0.0422. The van der Waals surface area contributed by atoms with Crippen molar-refractivity contribution in [3.8, 4) is 0 Å². The van der Waals surface area contributed by atoms with Crippen LogP contribution < -0.4 is 23.0 Å². The minimum atomic E-state index is -0.720. The van der Waals surface area contributed by atoms with Crippen molar-refractivity contribution in [1.29, 1.82) is 0 Å². The monoisotopic (exact) mass is 283 g/mol.